The third-order valence-corrected chi connectivity index (χ3v) is 2.63. The molecule has 0 amide bonds. The maximum atomic E-state index is 5.50. The molecule has 2 heterocycles. The van der Waals surface area contributed by atoms with Gasteiger partial charge in [0.05, 0.1) is 6.20 Å². The van der Waals surface area contributed by atoms with Gasteiger partial charge in [-0.3, -0.25) is 4.68 Å². The van der Waals surface area contributed by atoms with Gasteiger partial charge in [0.15, 0.2) is 0 Å². The van der Waals surface area contributed by atoms with Gasteiger partial charge in [-0.1, -0.05) is 17.4 Å². The van der Waals surface area contributed by atoms with Crippen LogP contribution in [-0.2, 0) is 6.54 Å². The Hall–Kier alpha value is -2.02. The predicted octanol–water partition coefficient (Wildman–Crippen LogP) is 0.809. The van der Waals surface area contributed by atoms with Crippen molar-refractivity contribution < 1.29 is 0 Å². The highest BCUT2D eigenvalue weighted by Gasteiger charge is 1.98. The molecule has 6 nitrogen and oxygen atoms in total. The molecule has 2 rings (SSSR count). The van der Waals surface area contributed by atoms with Gasteiger partial charge in [-0.25, -0.2) is 4.98 Å². The van der Waals surface area contributed by atoms with Crippen LogP contribution < -0.4 is 11.1 Å². The van der Waals surface area contributed by atoms with Crippen LogP contribution in [-0.4, -0.2) is 31.5 Å². The normalized spacial score (nSPS) is 10.2. The summed E-state index contributed by atoms with van der Waals surface area (Å²) in [5.41, 5.74) is 6.27. The summed E-state index contributed by atoms with van der Waals surface area (Å²) in [7, 11) is 0. The second-order valence-corrected chi connectivity index (χ2v) is 4.18. The lowest BCUT2D eigenvalue weighted by molar-refractivity contribution is 0.569. The lowest BCUT2D eigenvalue weighted by Gasteiger charge is -2.06. The fourth-order valence-corrected chi connectivity index (χ4v) is 1.57. The van der Waals surface area contributed by atoms with Gasteiger partial charge in [0.25, 0.3) is 0 Å². The van der Waals surface area contributed by atoms with E-state index in [0.29, 0.717) is 4.99 Å². The van der Waals surface area contributed by atoms with Crippen molar-refractivity contribution in [1.82, 2.24) is 20.0 Å². The summed E-state index contributed by atoms with van der Waals surface area (Å²) in [6, 6.07) is 3.72. The molecular weight excluding hydrogens is 248 g/mol. The molecule has 0 aromatic carbocycles. The Bertz CT molecular complexity index is 493. The third-order valence-electron chi connectivity index (χ3n) is 2.39. The first-order valence-electron chi connectivity index (χ1n) is 5.59. The molecule has 7 heteroatoms. The Balaban J connectivity index is 1.75. The molecule has 0 spiro atoms. The lowest BCUT2D eigenvalue weighted by atomic mass is 10.3. The van der Waals surface area contributed by atoms with Crippen LogP contribution in [0.3, 0.4) is 0 Å². The number of nitrogens with zero attached hydrogens (tertiary/aromatic N) is 4. The number of rotatable bonds is 6. The number of nitrogens with two attached hydrogens (primary N) is 1. The summed E-state index contributed by atoms with van der Waals surface area (Å²) in [6.45, 7) is 1.65. The van der Waals surface area contributed by atoms with E-state index in [1.54, 1.807) is 17.1 Å². The van der Waals surface area contributed by atoms with Gasteiger partial charge in [0.1, 0.15) is 10.8 Å². The molecule has 0 aliphatic carbocycles. The van der Waals surface area contributed by atoms with E-state index in [1.807, 2.05) is 18.3 Å². The van der Waals surface area contributed by atoms with Crippen molar-refractivity contribution in [2.45, 2.75) is 13.0 Å². The first-order valence-corrected chi connectivity index (χ1v) is 6.00. The molecule has 0 saturated carbocycles. The largest absolute Gasteiger partial charge is 0.389 e. The molecule has 18 heavy (non-hydrogen) atoms. The molecule has 0 aliphatic heterocycles. The minimum atomic E-state index is 0.361. The Labute approximate surface area is 110 Å². The molecule has 0 fully saturated rings. The zero-order chi connectivity index (χ0) is 12.8. The predicted molar refractivity (Wildman–Crippen MR) is 73.3 cm³/mol. The lowest BCUT2D eigenvalue weighted by Crippen LogP contribution is -2.11. The molecule has 0 atom stereocenters. The van der Waals surface area contributed by atoms with E-state index in [4.69, 9.17) is 18.0 Å². The van der Waals surface area contributed by atoms with Gasteiger partial charge in [-0.2, -0.15) is 0 Å². The minimum absolute atomic E-state index is 0.361. The molecule has 3 N–H and O–H groups in total. The average molecular weight is 262 g/mol. The number of hydrogen-bond donors (Lipinski definition) is 2. The summed E-state index contributed by atoms with van der Waals surface area (Å²) in [4.78, 5) is 4.58. The summed E-state index contributed by atoms with van der Waals surface area (Å²) in [6.07, 6.45) is 6.13. The smallest absolute Gasteiger partial charge is 0.125 e. The molecule has 0 unspecified atom stereocenters. The zero-order valence-electron chi connectivity index (χ0n) is 9.78. The third kappa shape index (κ3) is 3.49. The number of aryl methyl sites for hydroxylation is 1. The van der Waals surface area contributed by atoms with Crippen LogP contribution in [0.2, 0.25) is 0 Å². The quantitative estimate of drug-likeness (QED) is 0.592. The Morgan fingerprint density at radius 2 is 2.33 bits per heavy atom. The summed E-state index contributed by atoms with van der Waals surface area (Å²) >= 11 is 4.86. The number of thiocarbonyl (C=S) groups is 1. The standard InChI is InChI=1S/C11H14N6S/c12-11(18)9-2-3-10(14-8-9)13-4-1-6-17-7-5-15-16-17/h2-3,5,7-8H,1,4,6H2,(H2,12,18)(H,13,14). The zero-order valence-corrected chi connectivity index (χ0v) is 10.6. The average Bonchev–Trinajstić information content (AvgIpc) is 2.88. The summed E-state index contributed by atoms with van der Waals surface area (Å²) in [5.74, 6) is 0.814. The topological polar surface area (TPSA) is 81.6 Å². The number of nitrogens with one attached hydrogen (secondary N) is 1. The number of aromatic nitrogens is 4. The van der Waals surface area contributed by atoms with Gasteiger partial charge in [-0.15, -0.1) is 5.10 Å². The van der Waals surface area contributed by atoms with Gasteiger partial charge in [0.2, 0.25) is 0 Å². The maximum Gasteiger partial charge on any atom is 0.125 e. The second-order valence-electron chi connectivity index (χ2n) is 3.74. The number of pyridine rings is 1. The van der Waals surface area contributed by atoms with Gasteiger partial charge < -0.3 is 11.1 Å². The monoisotopic (exact) mass is 262 g/mol. The molecule has 0 radical (unpaired) electrons. The van der Waals surface area contributed by atoms with Crippen LogP contribution in [0, 0.1) is 0 Å². The van der Waals surface area contributed by atoms with Crippen molar-refractivity contribution >= 4 is 23.0 Å². The fourth-order valence-electron chi connectivity index (χ4n) is 1.45. The first kappa shape index (κ1) is 12.4. The molecule has 0 aliphatic rings. The van der Waals surface area contributed by atoms with E-state index in [1.165, 1.54) is 0 Å². The Kier molecular flexibility index (Phi) is 4.19. The molecule has 94 valence electrons. The van der Waals surface area contributed by atoms with E-state index in [9.17, 15) is 0 Å². The van der Waals surface area contributed by atoms with Crippen molar-refractivity contribution in [2.75, 3.05) is 11.9 Å². The summed E-state index contributed by atoms with van der Waals surface area (Å²) < 4.78 is 1.80. The van der Waals surface area contributed by atoms with Crippen molar-refractivity contribution in [1.29, 1.82) is 0 Å². The maximum absolute atomic E-state index is 5.50. The van der Waals surface area contributed by atoms with Crippen LogP contribution in [0.4, 0.5) is 5.82 Å². The van der Waals surface area contributed by atoms with Crippen LogP contribution in [0.15, 0.2) is 30.7 Å². The first-order chi connectivity index (χ1) is 8.75. The molecule has 0 saturated heterocycles. The highest BCUT2D eigenvalue weighted by atomic mass is 32.1. The highest BCUT2D eigenvalue weighted by Crippen LogP contribution is 2.05. The van der Waals surface area contributed by atoms with Gasteiger partial charge in [-0.05, 0) is 18.6 Å². The van der Waals surface area contributed by atoms with E-state index >= 15 is 0 Å². The minimum Gasteiger partial charge on any atom is -0.389 e. The SMILES string of the molecule is NC(=S)c1ccc(NCCCn2ccnn2)nc1. The Morgan fingerprint density at radius 1 is 1.44 bits per heavy atom. The second kappa shape index (κ2) is 6.06. The van der Waals surface area contributed by atoms with Gasteiger partial charge in [0, 0.05) is 31.0 Å². The fraction of sp³-hybridized carbons (Fsp3) is 0.273. The molecule has 2 aromatic rings. The molecule has 0 bridgehead atoms. The number of hydrogen-bond acceptors (Lipinski definition) is 5. The van der Waals surface area contributed by atoms with Crippen LogP contribution in [0.25, 0.3) is 0 Å². The summed E-state index contributed by atoms with van der Waals surface area (Å²) in [5, 5.41) is 10.8. The van der Waals surface area contributed by atoms with E-state index in [2.05, 4.69) is 20.6 Å². The van der Waals surface area contributed by atoms with E-state index in [-0.39, 0.29) is 0 Å². The van der Waals surface area contributed by atoms with E-state index < -0.39 is 0 Å². The molecule has 2 aromatic heterocycles. The van der Waals surface area contributed by atoms with E-state index in [0.717, 1.165) is 30.9 Å². The van der Waals surface area contributed by atoms with Crippen LogP contribution in [0.5, 0.6) is 0 Å². The highest BCUT2D eigenvalue weighted by molar-refractivity contribution is 7.80. The molecular formula is C11H14N6S. The van der Waals surface area contributed by atoms with Gasteiger partial charge >= 0.3 is 0 Å². The van der Waals surface area contributed by atoms with Crippen molar-refractivity contribution in [3.63, 3.8) is 0 Å². The van der Waals surface area contributed by atoms with Crippen LogP contribution in [0.1, 0.15) is 12.0 Å². The van der Waals surface area contributed by atoms with Crippen molar-refractivity contribution in [3.8, 4) is 0 Å². The van der Waals surface area contributed by atoms with Crippen LogP contribution >= 0.6 is 12.2 Å². The van der Waals surface area contributed by atoms with Crippen molar-refractivity contribution in [2.24, 2.45) is 5.73 Å². The Morgan fingerprint density at radius 3 is 2.94 bits per heavy atom. The van der Waals surface area contributed by atoms with Crippen molar-refractivity contribution in [3.05, 3.63) is 36.3 Å². The number of anilines is 1.